The Kier molecular flexibility index (Phi) is 23.0. The van der Waals surface area contributed by atoms with Crippen molar-refractivity contribution >= 4 is 75.5 Å². The van der Waals surface area contributed by atoms with Gasteiger partial charge in [-0.2, -0.15) is 5.26 Å². The van der Waals surface area contributed by atoms with Crippen LogP contribution in [0.15, 0.2) is 132 Å². The molecule has 0 radical (unpaired) electrons. The molecule has 2 aromatic carbocycles. The van der Waals surface area contributed by atoms with Crippen molar-refractivity contribution in [3.05, 3.63) is 150 Å². The number of rotatable bonds is 23. The van der Waals surface area contributed by atoms with E-state index in [1.54, 1.807) is 35.0 Å². The third-order valence-electron chi connectivity index (χ3n) is 13.1. The number of pyridine rings is 4. The molecular weight excluding hydrogens is 1210 g/mol. The molecule has 0 bridgehead atoms. The molecule has 0 amide bonds. The molecule has 422 valence electrons. The summed E-state index contributed by atoms with van der Waals surface area (Å²) in [5.41, 5.74) is 2.78. The van der Waals surface area contributed by atoms with Crippen LogP contribution in [0.25, 0.3) is 44.8 Å². The van der Waals surface area contributed by atoms with Crippen LogP contribution in [0.4, 0.5) is 26.3 Å². The number of hydrogen-bond donors (Lipinski definition) is 2. The number of alkyl halides is 4. The Morgan fingerprint density at radius 2 is 1.04 bits per heavy atom. The zero-order valence-corrected chi connectivity index (χ0v) is 49.3. The van der Waals surface area contributed by atoms with E-state index in [9.17, 15) is 53.7 Å². The minimum Gasteiger partial charge on any atom is -0.291 e. The van der Waals surface area contributed by atoms with Gasteiger partial charge in [0, 0.05) is 24.0 Å². The first-order valence-corrected chi connectivity index (χ1v) is 36.5. The molecule has 0 atom stereocenters. The van der Waals surface area contributed by atoms with Gasteiger partial charge in [0.1, 0.15) is 59.3 Å². The summed E-state index contributed by atoms with van der Waals surface area (Å²) in [6.45, 7) is 2.13. The van der Waals surface area contributed by atoms with Crippen LogP contribution in [0.5, 0.6) is 0 Å². The fourth-order valence-electron chi connectivity index (χ4n) is 9.21. The first-order chi connectivity index (χ1) is 38.5. The number of unbranched alkanes of at least 4 members (excludes halogenated alkanes) is 3. The Labute approximate surface area is 470 Å². The fraction of sp³-hybridized carbons (Fsp3) is 0.321. The van der Waals surface area contributed by atoms with Crippen molar-refractivity contribution in [1.82, 2.24) is 38.5 Å². The van der Waals surface area contributed by atoms with Gasteiger partial charge in [-0.05, 0) is 54.6 Å². The molecule has 8 rings (SSSR count). The van der Waals surface area contributed by atoms with Crippen molar-refractivity contribution in [3.63, 3.8) is 0 Å². The van der Waals surface area contributed by atoms with E-state index in [2.05, 4.69) is 57.4 Å². The van der Waals surface area contributed by atoms with Crippen molar-refractivity contribution in [3.8, 4) is 35.2 Å². The maximum atomic E-state index is 14.3. The van der Waals surface area contributed by atoms with Crippen molar-refractivity contribution < 1.29 is 43.2 Å². The van der Waals surface area contributed by atoms with Gasteiger partial charge < -0.3 is 0 Å². The molecule has 2 N–H and O–H groups in total. The van der Waals surface area contributed by atoms with Gasteiger partial charge in [-0.3, -0.25) is 9.55 Å². The SMILES string of the molecule is CCC[CH2][Sn]([CH2]CCC)([CH2]CCC)[c]1c(C#N)c2cc(F)ccc2n1-c1ccccn1.N#Cc1c(-c2ccc(S(=O)(=O)NC(CF)CF)cn2)n(-c2ccccn2)c2ccc(F)cc12.O=S(=O)(NC(CF)CF)c1ccc(Cl)nc1. The topological polar surface area (TPSA) is 201 Å². The van der Waals surface area contributed by atoms with Gasteiger partial charge in [0.25, 0.3) is 0 Å². The summed E-state index contributed by atoms with van der Waals surface area (Å²) in [6, 6.07) is 26.7. The molecule has 0 aliphatic rings. The Balaban J connectivity index is 0.000000205. The second-order valence-electron chi connectivity index (χ2n) is 18.6. The average Bonchev–Trinajstić information content (AvgIpc) is 4.17. The normalized spacial score (nSPS) is 11.8. The number of aromatic nitrogens is 6. The van der Waals surface area contributed by atoms with E-state index in [4.69, 9.17) is 11.6 Å². The van der Waals surface area contributed by atoms with E-state index < -0.39 is 83.0 Å². The summed E-state index contributed by atoms with van der Waals surface area (Å²) in [7, 11) is -8.17. The van der Waals surface area contributed by atoms with Crippen molar-refractivity contribution in [1.29, 1.82) is 10.5 Å². The van der Waals surface area contributed by atoms with Crippen LogP contribution in [0, 0.1) is 34.3 Å². The molecule has 8 aromatic rings. The van der Waals surface area contributed by atoms with E-state index >= 15 is 0 Å². The van der Waals surface area contributed by atoms with Crippen LogP contribution in [-0.4, -0.2) is 103 Å². The molecule has 0 fully saturated rings. The van der Waals surface area contributed by atoms with Crippen molar-refractivity contribution in [2.45, 2.75) is 94.5 Å². The molecular formula is C56H59ClF6N10O4S2Sn. The third-order valence-corrected chi connectivity index (χ3v) is 31.7. The summed E-state index contributed by atoms with van der Waals surface area (Å²) in [5, 5.41) is 21.4. The molecule has 14 nitrogen and oxygen atoms in total. The maximum Gasteiger partial charge on any atom is 0.242 e. The number of benzene rings is 2. The van der Waals surface area contributed by atoms with Gasteiger partial charge in [0.2, 0.25) is 20.0 Å². The van der Waals surface area contributed by atoms with Crippen LogP contribution in [0.3, 0.4) is 0 Å². The Bertz CT molecular complexity index is 3620. The van der Waals surface area contributed by atoms with Crippen LogP contribution >= 0.6 is 11.6 Å². The zero-order valence-electron chi connectivity index (χ0n) is 44.1. The second-order valence-corrected chi connectivity index (χ2v) is 35.3. The molecule has 0 spiro atoms. The van der Waals surface area contributed by atoms with Gasteiger partial charge in [0.15, 0.2) is 0 Å². The van der Waals surface area contributed by atoms with E-state index in [1.165, 1.54) is 84.8 Å². The third kappa shape index (κ3) is 14.9. The van der Waals surface area contributed by atoms with E-state index in [1.807, 2.05) is 39.9 Å². The molecule has 24 heteroatoms. The summed E-state index contributed by atoms with van der Waals surface area (Å²) >= 11 is 2.44. The minimum atomic E-state index is -4.22. The van der Waals surface area contributed by atoms with Crippen LogP contribution in [-0.2, 0) is 20.0 Å². The number of halogens is 7. The molecule has 0 saturated carbocycles. The second kappa shape index (κ2) is 29.3. The Morgan fingerprint density at radius 1 is 0.588 bits per heavy atom. The van der Waals surface area contributed by atoms with Crippen molar-refractivity contribution in [2.24, 2.45) is 0 Å². The number of nitriles is 2. The molecule has 0 saturated heterocycles. The van der Waals surface area contributed by atoms with Gasteiger partial charge in [-0.25, -0.2) is 58.2 Å². The predicted octanol–water partition coefficient (Wildman–Crippen LogP) is 12.1. The van der Waals surface area contributed by atoms with Crippen LogP contribution in [0.2, 0.25) is 18.5 Å². The summed E-state index contributed by atoms with van der Waals surface area (Å²) in [6.07, 6.45) is 12.5. The van der Waals surface area contributed by atoms with E-state index in [-0.39, 0.29) is 32.0 Å². The van der Waals surface area contributed by atoms with Crippen LogP contribution < -0.4 is 13.2 Å². The van der Waals surface area contributed by atoms with E-state index in [0.717, 1.165) is 48.4 Å². The van der Waals surface area contributed by atoms with Gasteiger partial charge >= 0.3 is 191 Å². The largest absolute Gasteiger partial charge is 0.291 e. The number of nitrogens with one attached hydrogen (secondary N) is 2. The quantitative estimate of drug-likeness (QED) is 0.0352. The standard InChI is InChI=1S/C22H16F3N5O2S.C14H7FN3.C8H9ClF2N2O2S.3C4H9.Sn/c23-10-15(11-24)29-33(31,32)16-5-6-19(28-13-16)22-18(12-26)17-9-14(25)4-7-20(17)30(22)21-3-1-2-8-27-21;15-11-4-5-13-12(7-11)10(8-16)9-18(13)14-3-1-2-6-17-14;9-8-2-1-7(5-12-8)16(14,15)13-6(3-10)4-11;3*1-3-4-2;/h1-9,13,15,29H,10-11H2;1-7H;1-2,5-6,13H,3-4H2;3*1,3-4H2,2H3;. The predicted molar refractivity (Wildman–Crippen MR) is 301 cm³/mol. The summed E-state index contributed by atoms with van der Waals surface area (Å²) in [4.78, 5) is 16.3. The van der Waals surface area contributed by atoms with Crippen molar-refractivity contribution in [2.75, 3.05) is 26.7 Å². The van der Waals surface area contributed by atoms with Crippen LogP contribution in [0.1, 0.15) is 70.4 Å². The molecule has 0 aliphatic heterocycles. The van der Waals surface area contributed by atoms with Gasteiger partial charge in [-0.1, -0.05) is 17.7 Å². The number of hydrogen-bond acceptors (Lipinski definition) is 10. The molecule has 6 aromatic heterocycles. The monoisotopic (exact) mass is 1270 g/mol. The van der Waals surface area contributed by atoms with Gasteiger partial charge in [-0.15, -0.1) is 0 Å². The molecule has 0 aliphatic carbocycles. The fourth-order valence-corrected chi connectivity index (χ4v) is 28.7. The Hall–Kier alpha value is -6.41. The number of sulfonamides is 2. The smallest absolute Gasteiger partial charge is 0.242 e. The zero-order chi connectivity index (χ0) is 58.0. The molecule has 80 heavy (non-hydrogen) atoms. The first-order valence-electron chi connectivity index (χ1n) is 25.7. The van der Waals surface area contributed by atoms with Gasteiger partial charge in [0.05, 0.1) is 34.6 Å². The summed E-state index contributed by atoms with van der Waals surface area (Å²) < 4.78 is 139. The summed E-state index contributed by atoms with van der Waals surface area (Å²) in [5.74, 6) is 0.477. The first kappa shape index (κ1) is 62.8. The molecule has 6 heterocycles. The number of fused-ring (bicyclic) bond motifs is 2. The Morgan fingerprint density at radius 3 is 1.44 bits per heavy atom. The number of nitrogens with zero attached hydrogens (tertiary/aromatic N) is 8. The van der Waals surface area contributed by atoms with E-state index in [0.29, 0.717) is 28.0 Å². The molecule has 0 unspecified atom stereocenters. The average molecular weight is 1270 g/mol. The minimum absolute atomic E-state index is 0.131. The maximum absolute atomic E-state index is 14.3.